The van der Waals surface area contributed by atoms with Crippen LogP contribution in [0.5, 0.6) is 0 Å². The van der Waals surface area contributed by atoms with Crippen LogP contribution in [0.25, 0.3) is 5.69 Å². The number of piperazine rings is 1. The number of anilines is 1. The Bertz CT molecular complexity index is 1110. The summed E-state index contributed by atoms with van der Waals surface area (Å²) in [6.07, 6.45) is 2.33. The van der Waals surface area contributed by atoms with Gasteiger partial charge in [-0.15, -0.1) is 0 Å². The largest absolute Gasteiger partial charge is 0.416 e. The van der Waals surface area contributed by atoms with Crippen LogP contribution in [0.3, 0.4) is 0 Å². The van der Waals surface area contributed by atoms with Gasteiger partial charge in [-0.25, -0.2) is 4.98 Å². The van der Waals surface area contributed by atoms with Gasteiger partial charge < -0.3 is 14.8 Å². The SMILES string of the molecule is CCCCN1CCN(Cc2ccc(C(=O)Nc3cc(-n4ccnc4)cc(C(F)(F)F)c3)cc2)CC1. The highest BCUT2D eigenvalue weighted by Crippen LogP contribution is 2.33. The predicted octanol–water partition coefficient (Wildman–Crippen LogP) is 5.06. The summed E-state index contributed by atoms with van der Waals surface area (Å²) in [5.41, 5.74) is 0.977. The molecule has 1 aliphatic rings. The smallest absolute Gasteiger partial charge is 0.322 e. The van der Waals surface area contributed by atoms with Gasteiger partial charge in [0.2, 0.25) is 0 Å². The lowest BCUT2D eigenvalue weighted by molar-refractivity contribution is -0.137. The Morgan fingerprint density at radius 2 is 1.74 bits per heavy atom. The number of amides is 1. The number of hydrogen-bond donors (Lipinski definition) is 1. The van der Waals surface area contributed by atoms with E-state index in [9.17, 15) is 18.0 Å². The van der Waals surface area contributed by atoms with E-state index in [-0.39, 0.29) is 11.4 Å². The molecule has 186 valence electrons. The molecule has 2 aromatic carbocycles. The highest BCUT2D eigenvalue weighted by molar-refractivity contribution is 6.04. The summed E-state index contributed by atoms with van der Waals surface area (Å²) >= 11 is 0. The lowest BCUT2D eigenvalue weighted by atomic mass is 10.1. The van der Waals surface area contributed by atoms with Gasteiger partial charge in [0.25, 0.3) is 5.91 Å². The molecule has 0 unspecified atom stereocenters. The molecule has 0 saturated carbocycles. The van der Waals surface area contributed by atoms with Crippen LogP contribution in [-0.4, -0.2) is 58.0 Å². The minimum Gasteiger partial charge on any atom is -0.322 e. The van der Waals surface area contributed by atoms with Crippen molar-refractivity contribution in [2.24, 2.45) is 0 Å². The van der Waals surface area contributed by atoms with Crippen molar-refractivity contribution in [2.75, 3.05) is 38.0 Å². The molecule has 0 bridgehead atoms. The highest BCUT2D eigenvalue weighted by Gasteiger charge is 2.31. The monoisotopic (exact) mass is 485 g/mol. The third-order valence-electron chi connectivity index (χ3n) is 6.22. The van der Waals surface area contributed by atoms with Crippen molar-refractivity contribution in [1.29, 1.82) is 0 Å². The van der Waals surface area contributed by atoms with Gasteiger partial charge in [0.15, 0.2) is 0 Å². The Hall–Kier alpha value is -3.17. The van der Waals surface area contributed by atoms with Gasteiger partial charge in [-0.2, -0.15) is 13.2 Å². The molecule has 1 N–H and O–H groups in total. The number of hydrogen-bond acceptors (Lipinski definition) is 4. The average molecular weight is 486 g/mol. The molecule has 9 heteroatoms. The van der Waals surface area contributed by atoms with Crippen molar-refractivity contribution in [3.8, 4) is 5.69 Å². The molecule has 3 aromatic rings. The summed E-state index contributed by atoms with van der Waals surface area (Å²) < 4.78 is 41.7. The second-order valence-electron chi connectivity index (χ2n) is 8.86. The maximum atomic E-state index is 13.4. The standard InChI is InChI=1S/C26H30F3N5O/c1-2-3-9-32-11-13-33(14-12-32)18-20-4-6-21(7-5-20)25(35)31-23-15-22(26(27,28)29)16-24(17-23)34-10-8-30-19-34/h4-8,10,15-17,19H,2-3,9,11-14,18H2,1H3,(H,31,35). The molecule has 6 nitrogen and oxygen atoms in total. The molecule has 0 atom stereocenters. The summed E-state index contributed by atoms with van der Waals surface area (Å²) in [5, 5.41) is 2.61. The molecule has 1 amide bonds. The van der Waals surface area contributed by atoms with Gasteiger partial charge in [-0.1, -0.05) is 25.5 Å². The number of aromatic nitrogens is 2. The highest BCUT2D eigenvalue weighted by atomic mass is 19.4. The molecule has 1 aliphatic heterocycles. The number of unbranched alkanes of at least 4 members (excludes halogenated alkanes) is 1. The zero-order chi connectivity index (χ0) is 24.8. The van der Waals surface area contributed by atoms with Crippen LogP contribution in [0.2, 0.25) is 0 Å². The van der Waals surface area contributed by atoms with Crippen molar-refractivity contribution in [3.63, 3.8) is 0 Å². The lowest BCUT2D eigenvalue weighted by Gasteiger charge is -2.34. The number of rotatable bonds is 8. The summed E-state index contributed by atoms with van der Waals surface area (Å²) in [5.74, 6) is -0.461. The van der Waals surface area contributed by atoms with Crippen LogP contribution in [0, 0.1) is 0 Å². The first-order valence-corrected chi connectivity index (χ1v) is 11.9. The van der Waals surface area contributed by atoms with E-state index < -0.39 is 17.6 Å². The third kappa shape index (κ3) is 6.70. The molecule has 1 fully saturated rings. The normalized spacial score (nSPS) is 15.3. The fraction of sp³-hybridized carbons (Fsp3) is 0.385. The van der Waals surface area contributed by atoms with Crippen molar-refractivity contribution in [3.05, 3.63) is 77.9 Å². The molecule has 1 aromatic heterocycles. The maximum Gasteiger partial charge on any atom is 0.416 e. The van der Waals surface area contributed by atoms with E-state index in [2.05, 4.69) is 27.0 Å². The summed E-state index contributed by atoms with van der Waals surface area (Å²) in [6.45, 7) is 8.34. The van der Waals surface area contributed by atoms with E-state index in [1.165, 1.54) is 36.0 Å². The number of carbonyl (C=O) groups is 1. The molecular weight excluding hydrogens is 455 g/mol. The number of nitrogens with one attached hydrogen (secondary N) is 1. The summed E-state index contributed by atoms with van der Waals surface area (Å²) in [7, 11) is 0. The quantitative estimate of drug-likeness (QED) is 0.485. The molecule has 1 saturated heterocycles. The second-order valence-corrected chi connectivity index (χ2v) is 8.86. The van der Waals surface area contributed by atoms with E-state index in [1.54, 1.807) is 18.3 Å². The van der Waals surface area contributed by atoms with E-state index in [0.29, 0.717) is 5.56 Å². The Kier molecular flexibility index (Phi) is 7.87. The Morgan fingerprint density at radius 3 is 2.37 bits per heavy atom. The fourth-order valence-corrected chi connectivity index (χ4v) is 4.18. The summed E-state index contributed by atoms with van der Waals surface area (Å²) in [4.78, 5) is 21.6. The van der Waals surface area contributed by atoms with Crippen LogP contribution in [0.1, 0.15) is 41.3 Å². The van der Waals surface area contributed by atoms with Crippen molar-refractivity contribution in [2.45, 2.75) is 32.5 Å². The Labute approximate surface area is 203 Å². The zero-order valence-corrected chi connectivity index (χ0v) is 19.8. The van der Waals surface area contributed by atoms with E-state index >= 15 is 0 Å². The van der Waals surface area contributed by atoms with Crippen LogP contribution in [0.15, 0.2) is 61.2 Å². The van der Waals surface area contributed by atoms with Crippen molar-refractivity contribution in [1.82, 2.24) is 19.4 Å². The number of imidazole rings is 1. The number of nitrogens with zero attached hydrogens (tertiary/aromatic N) is 4. The lowest BCUT2D eigenvalue weighted by Crippen LogP contribution is -2.46. The maximum absolute atomic E-state index is 13.4. The van der Waals surface area contributed by atoms with Gasteiger partial charge in [-0.05, 0) is 48.9 Å². The first-order valence-electron chi connectivity index (χ1n) is 11.9. The van der Waals surface area contributed by atoms with Crippen LogP contribution in [-0.2, 0) is 12.7 Å². The second kappa shape index (κ2) is 11.0. The number of alkyl halides is 3. The topological polar surface area (TPSA) is 53.4 Å². The van der Waals surface area contributed by atoms with E-state index in [4.69, 9.17) is 0 Å². The van der Waals surface area contributed by atoms with Crippen molar-refractivity contribution < 1.29 is 18.0 Å². The van der Waals surface area contributed by atoms with Gasteiger partial charge in [-0.3, -0.25) is 9.69 Å². The Balaban J connectivity index is 1.39. The van der Waals surface area contributed by atoms with Crippen molar-refractivity contribution >= 4 is 11.6 Å². The minimum atomic E-state index is -4.54. The van der Waals surface area contributed by atoms with Crippen LogP contribution in [0.4, 0.5) is 18.9 Å². The molecule has 0 radical (unpaired) electrons. The molecule has 0 aliphatic carbocycles. The van der Waals surface area contributed by atoms with Gasteiger partial charge in [0.05, 0.1) is 11.9 Å². The molecule has 0 spiro atoms. The number of carbonyl (C=O) groups excluding carboxylic acids is 1. The molecular formula is C26H30F3N5O. The van der Waals surface area contributed by atoms with Gasteiger partial charge >= 0.3 is 6.18 Å². The van der Waals surface area contributed by atoms with Crippen LogP contribution < -0.4 is 5.32 Å². The molecule has 35 heavy (non-hydrogen) atoms. The number of benzene rings is 2. The van der Waals surface area contributed by atoms with Gasteiger partial charge in [0, 0.05) is 62.1 Å². The van der Waals surface area contributed by atoms with Crippen LogP contribution >= 0.6 is 0 Å². The third-order valence-corrected chi connectivity index (χ3v) is 6.22. The van der Waals surface area contributed by atoms with Gasteiger partial charge in [0.1, 0.15) is 0 Å². The number of halogens is 3. The first-order chi connectivity index (χ1) is 16.8. The zero-order valence-electron chi connectivity index (χ0n) is 19.8. The predicted molar refractivity (Wildman–Crippen MR) is 130 cm³/mol. The minimum absolute atomic E-state index is 0.0681. The first kappa shape index (κ1) is 24.9. The fourth-order valence-electron chi connectivity index (χ4n) is 4.18. The van der Waals surface area contributed by atoms with E-state index in [1.807, 2.05) is 12.1 Å². The molecule has 2 heterocycles. The summed E-state index contributed by atoms with van der Waals surface area (Å²) in [6, 6.07) is 10.7. The molecule has 4 rings (SSSR count). The Morgan fingerprint density at radius 1 is 1.03 bits per heavy atom. The average Bonchev–Trinajstić information content (AvgIpc) is 3.38. The van der Waals surface area contributed by atoms with E-state index in [0.717, 1.165) is 57.0 Å².